The summed E-state index contributed by atoms with van der Waals surface area (Å²) in [5.74, 6) is -0.525. The largest absolute Gasteiger partial charge is 0.462 e. The van der Waals surface area contributed by atoms with Crippen molar-refractivity contribution in [1.82, 2.24) is 19.7 Å². The van der Waals surface area contributed by atoms with Gasteiger partial charge in [0, 0.05) is 0 Å². The summed E-state index contributed by atoms with van der Waals surface area (Å²) >= 11 is 0. The van der Waals surface area contributed by atoms with Crippen LogP contribution >= 0.6 is 7.75 Å². The van der Waals surface area contributed by atoms with Gasteiger partial charge in [-0.2, -0.15) is 15.4 Å². The number of carbonyl (C=O) groups is 1. The van der Waals surface area contributed by atoms with Gasteiger partial charge in [0.1, 0.15) is 41.9 Å². The quantitative estimate of drug-likeness (QED) is 0.251. The number of hydrogen-bond donors (Lipinski definition) is 3. The highest BCUT2D eigenvalue weighted by Gasteiger charge is 2.90. The zero-order valence-corrected chi connectivity index (χ0v) is 22.9. The molecule has 1 aromatic carbocycles. The third kappa shape index (κ3) is 4.13. The van der Waals surface area contributed by atoms with E-state index in [2.05, 4.69) is 15.2 Å². The number of ether oxygens (including phenoxy) is 2. The molecule has 2 unspecified atom stereocenters. The molecule has 7 atom stereocenters. The van der Waals surface area contributed by atoms with Crippen molar-refractivity contribution >= 4 is 25.1 Å². The maximum atomic E-state index is 16.7. The molecule has 212 valence electrons. The fourth-order valence-electron chi connectivity index (χ4n) is 4.90. The van der Waals surface area contributed by atoms with Gasteiger partial charge in [0.15, 0.2) is 17.1 Å². The zero-order valence-electron chi connectivity index (χ0n) is 22.0. The highest BCUT2D eigenvalue weighted by atomic mass is 31.2. The predicted molar refractivity (Wildman–Crippen MR) is 137 cm³/mol. The third-order valence-electron chi connectivity index (χ3n) is 7.03. The lowest BCUT2D eigenvalue weighted by atomic mass is 9.80. The van der Waals surface area contributed by atoms with Gasteiger partial charge in [-0.15, -0.1) is 0 Å². The number of carbonyl (C=O) groups excluding carboxylic acids is 1. The number of nitrogen functional groups attached to an aromatic ring is 1. The lowest BCUT2D eigenvalue weighted by molar-refractivity contribution is -0.149. The summed E-state index contributed by atoms with van der Waals surface area (Å²) in [6.07, 6.45) is -2.28. The first-order valence-corrected chi connectivity index (χ1v) is 13.9. The number of nitrogens with two attached hydrogens (primary N) is 1. The predicted octanol–water partition coefficient (Wildman–Crippen LogP) is 2.40. The summed E-state index contributed by atoms with van der Waals surface area (Å²) < 4.78 is 54.2. The van der Waals surface area contributed by atoms with E-state index in [4.69, 9.17) is 24.3 Å². The van der Waals surface area contributed by atoms with Gasteiger partial charge in [-0.05, 0) is 52.0 Å². The van der Waals surface area contributed by atoms with Gasteiger partial charge in [-0.25, -0.2) is 18.5 Å². The molecule has 5 rings (SSSR count). The number of aromatic nitrogens is 3. The highest BCUT2D eigenvalue weighted by Crippen LogP contribution is 2.69. The van der Waals surface area contributed by atoms with Crippen LogP contribution in [0, 0.1) is 11.3 Å². The van der Waals surface area contributed by atoms with Crippen LogP contribution in [0.1, 0.15) is 33.4 Å². The molecule has 40 heavy (non-hydrogen) atoms. The highest BCUT2D eigenvalue weighted by molar-refractivity contribution is 7.52. The van der Waals surface area contributed by atoms with Gasteiger partial charge in [-0.1, -0.05) is 18.2 Å². The minimum Gasteiger partial charge on any atom is -0.462 e. The molecular weight excluding hydrogens is 546 g/mol. The van der Waals surface area contributed by atoms with Crippen LogP contribution in [0.4, 0.5) is 10.2 Å². The van der Waals surface area contributed by atoms with Crippen LogP contribution in [0.25, 0.3) is 5.52 Å². The molecule has 1 saturated carbocycles. The number of para-hydroxylation sites is 1. The lowest BCUT2D eigenvalue weighted by Gasteiger charge is -2.36. The molecule has 2 aliphatic rings. The smallest absolute Gasteiger partial charge is 0.459 e. The number of benzene rings is 1. The van der Waals surface area contributed by atoms with Crippen LogP contribution in [0.5, 0.6) is 5.75 Å². The molecule has 15 heteroatoms. The molecule has 0 amide bonds. The molecule has 0 spiro atoms. The third-order valence-corrected chi connectivity index (χ3v) is 8.69. The molecular formula is C25H28FN6O7P. The fraction of sp³-hybridized carbons (Fsp3) is 0.440. The van der Waals surface area contributed by atoms with Crippen LogP contribution in [0.15, 0.2) is 48.8 Å². The molecule has 0 bridgehead atoms. The number of alkyl halides is 1. The van der Waals surface area contributed by atoms with Crippen molar-refractivity contribution in [2.75, 3.05) is 5.73 Å². The summed E-state index contributed by atoms with van der Waals surface area (Å²) in [7, 11) is -4.48. The van der Waals surface area contributed by atoms with Crippen LogP contribution in [-0.2, 0) is 29.0 Å². The molecule has 1 aliphatic heterocycles. The lowest BCUT2D eigenvalue weighted by Crippen LogP contribution is -2.54. The second-order valence-corrected chi connectivity index (χ2v) is 11.7. The first kappa shape index (κ1) is 27.9. The van der Waals surface area contributed by atoms with E-state index in [0.717, 1.165) is 13.3 Å². The van der Waals surface area contributed by atoms with Crippen molar-refractivity contribution in [3.63, 3.8) is 0 Å². The Morgan fingerprint density at radius 2 is 2.00 bits per heavy atom. The average Bonchev–Trinajstić information content (AvgIpc) is 3.16. The summed E-state index contributed by atoms with van der Waals surface area (Å²) in [6, 6.07) is 11.5. The van der Waals surface area contributed by atoms with Crippen molar-refractivity contribution in [3.05, 3.63) is 54.5 Å². The first-order chi connectivity index (χ1) is 18.8. The Bertz CT molecular complexity index is 1550. The molecule has 1 aliphatic carbocycles. The van der Waals surface area contributed by atoms with Crippen LogP contribution in [0.2, 0.25) is 0 Å². The molecule has 1 saturated heterocycles. The van der Waals surface area contributed by atoms with Crippen LogP contribution < -0.4 is 15.3 Å². The SMILES string of the molecule is CC(C)OC(=O)[C@H](C)NP(=O)(Oc1ccccc1)OC1[C@H]2O[C@@](C#N)(c3ccc4c(N)ncnn34)[C@](C)(F)[C@@]12O. The van der Waals surface area contributed by atoms with E-state index in [1.807, 2.05) is 6.07 Å². The standard InChI is InChI=1S/C25H28FN6O7P/c1-14(2)36-22(33)15(3)31-40(35,38-16-8-6-5-7-9-16)39-20-19-25(20,34)23(4,26)24(12-27,37-19)18-11-10-17-21(28)29-13-30-32(17)18/h5-11,13-15,19-20,34H,1-4H3,(H,31,35)(H2,28,29,30)/t15-,19+,20?,23-,24-,25-,40?/m0/s1. The van der Waals surface area contributed by atoms with Gasteiger partial charge in [-0.3, -0.25) is 9.32 Å². The summed E-state index contributed by atoms with van der Waals surface area (Å²) in [6.45, 7) is 5.68. The molecule has 2 fully saturated rings. The van der Waals surface area contributed by atoms with E-state index in [1.54, 1.807) is 32.0 Å². The minimum absolute atomic E-state index is 0.0321. The number of rotatable bonds is 9. The Labute approximate surface area is 228 Å². The number of aliphatic hydroxyl groups is 1. The normalized spacial score (nSPS) is 31.2. The van der Waals surface area contributed by atoms with Gasteiger partial charge >= 0.3 is 13.7 Å². The maximum Gasteiger partial charge on any atom is 0.459 e. The van der Waals surface area contributed by atoms with E-state index < -0.39 is 54.9 Å². The van der Waals surface area contributed by atoms with Crippen molar-refractivity contribution in [1.29, 1.82) is 5.26 Å². The Morgan fingerprint density at radius 1 is 1.30 bits per heavy atom. The number of halogens is 1. The van der Waals surface area contributed by atoms with Crippen LogP contribution in [-0.4, -0.2) is 61.3 Å². The summed E-state index contributed by atoms with van der Waals surface area (Å²) in [5.41, 5.74) is -1.42. The van der Waals surface area contributed by atoms with Crippen LogP contribution in [0.3, 0.4) is 0 Å². The Morgan fingerprint density at radius 3 is 2.60 bits per heavy atom. The van der Waals surface area contributed by atoms with E-state index in [9.17, 15) is 19.7 Å². The number of esters is 1. The summed E-state index contributed by atoms with van der Waals surface area (Å²) in [4.78, 5) is 16.3. The minimum atomic E-state index is -4.48. The second kappa shape index (κ2) is 9.50. The monoisotopic (exact) mass is 574 g/mol. The average molecular weight is 575 g/mol. The number of nitriles is 1. The Balaban J connectivity index is 1.45. The second-order valence-electron chi connectivity index (χ2n) is 10.1. The molecule has 3 aromatic rings. The topological polar surface area (TPSA) is 183 Å². The van der Waals surface area contributed by atoms with Gasteiger partial charge in [0.2, 0.25) is 5.60 Å². The van der Waals surface area contributed by atoms with E-state index in [1.165, 1.54) is 35.7 Å². The Kier molecular flexibility index (Phi) is 6.64. The first-order valence-electron chi connectivity index (χ1n) is 12.4. The maximum absolute atomic E-state index is 16.7. The van der Waals surface area contributed by atoms with Crippen molar-refractivity contribution in [3.8, 4) is 11.8 Å². The van der Waals surface area contributed by atoms with E-state index in [0.29, 0.717) is 5.52 Å². The molecule has 13 nitrogen and oxygen atoms in total. The number of nitrogens with one attached hydrogen (secondary N) is 1. The number of fused-ring (bicyclic) bond motifs is 2. The zero-order chi connectivity index (χ0) is 29.1. The molecule has 2 aromatic heterocycles. The number of nitrogens with zero attached hydrogens (tertiary/aromatic N) is 4. The number of anilines is 1. The molecule has 4 N–H and O–H groups in total. The van der Waals surface area contributed by atoms with Gasteiger partial charge in [0.05, 0.1) is 11.8 Å². The molecule has 0 radical (unpaired) electrons. The summed E-state index contributed by atoms with van der Waals surface area (Å²) in [5, 5.41) is 28.2. The van der Waals surface area contributed by atoms with E-state index in [-0.39, 0.29) is 17.3 Å². The van der Waals surface area contributed by atoms with Gasteiger partial charge in [0.25, 0.3) is 0 Å². The van der Waals surface area contributed by atoms with E-state index >= 15 is 4.39 Å². The van der Waals surface area contributed by atoms with Gasteiger partial charge < -0.3 is 24.8 Å². The van der Waals surface area contributed by atoms with Crippen molar-refractivity contribution < 1.29 is 37.4 Å². The molecule has 3 heterocycles. The Hall–Kier alpha value is -3.60. The van der Waals surface area contributed by atoms with Crippen molar-refractivity contribution in [2.45, 2.75) is 68.9 Å². The fourth-order valence-corrected chi connectivity index (χ4v) is 6.61. The van der Waals surface area contributed by atoms with Crippen molar-refractivity contribution in [2.24, 2.45) is 0 Å². The number of hydrogen-bond acceptors (Lipinski definition) is 11.